The highest BCUT2D eigenvalue weighted by Crippen LogP contribution is 2.30. The van der Waals surface area contributed by atoms with Crippen molar-refractivity contribution >= 4 is 40.6 Å². The molecule has 0 aliphatic carbocycles. The molecule has 0 saturated heterocycles. The minimum atomic E-state index is -1.26. The van der Waals surface area contributed by atoms with Crippen molar-refractivity contribution in [2.75, 3.05) is 19.0 Å². The summed E-state index contributed by atoms with van der Waals surface area (Å²) in [6.07, 6.45) is 1.55. The lowest BCUT2D eigenvalue weighted by Crippen LogP contribution is -2.23. The summed E-state index contributed by atoms with van der Waals surface area (Å²) in [5.41, 5.74) is 3.11. The van der Waals surface area contributed by atoms with E-state index in [1.54, 1.807) is 12.1 Å². The topological polar surface area (TPSA) is 69.4 Å². The number of rotatable bonds is 5. The van der Waals surface area contributed by atoms with E-state index in [0.29, 0.717) is 11.1 Å². The lowest BCUT2D eigenvalue weighted by molar-refractivity contribution is -0.298. The van der Waals surface area contributed by atoms with Gasteiger partial charge >= 0.3 is 0 Å². The first-order valence-electron chi connectivity index (χ1n) is 7.27. The highest BCUT2D eigenvalue weighted by molar-refractivity contribution is 8.03. The van der Waals surface area contributed by atoms with Crippen molar-refractivity contribution in [1.29, 1.82) is 0 Å². The van der Waals surface area contributed by atoms with Gasteiger partial charge in [0.15, 0.2) is 5.58 Å². The molecule has 5 nitrogen and oxygen atoms in total. The molecule has 2 aromatic carbocycles. The molecule has 0 amide bonds. The zero-order valence-electron chi connectivity index (χ0n) is 13.2. The molecule has 0 saturated carbocycles. The quantitative estimate of drug-likeness (QED) is 0.526. The number of anilines is 1. The number of benzene rings is 2. The second kappa shape index (κ2) is 6.80. The monoisotopic (exact) mass is 339 g/mol. The fraction of sp³-hybridized carbons (Fsp3) is 0.111. The number of thioether (sulfide) groups is 1. The van der Waals surface area contributed by atoms with Crippen LogP contribution in [-0.4, -0.2) is 25.0 Å². The maximum atomic E-state index is 11.4. The number of carbonyl (C=O) groups is 1. The van der Waals surface area contributed by atoms with Crippen LogP contribution in [0.3, 0.4) is 0 Å². The molecule has 0 fully saturated rings. The Morgan fingerprint density at radius 3 is 2.50 bits per heavy atom. The maximum Gasteiger partial charge on any atom is 0.261 e. The predicted octanol–water partition coefficient (Wildman–Crippen LogP) is 2.78. The molecule has 1 aromatic heterocycles. The van der Waals surface area contributed by atoms with E-state index in [4.69, 9.17) is 4.42 Å². The van der Waals surface area contributed by atoms with Gasteiger partial charge in [-0.1, -0.05) is 24.3 Å². The van der Waals surface area contributed by atoms with Crippen LogP contribution < -0.4 is 10.0 Å². The summed E-state index contributed by atoms with van der Waals surface area (Å²) in [5.74, 6) is -1.26. The van der Waals surface area contributed by atoms with E-state index in [1.165, 1.54) is 0 Å². The summed E-state index contributed by atoms with van der Waals surface area (Å²) >= 11 is 0.939. The molecular weight excluding hydrogens is 324 g/mol. The van der Waals surface area contributed by atoms with E-state index in [1.807, 2.05) is 61.5 Å². The summed E-state index contributed by atoms with van der Waals surface area (Å²) in [6, 6.07) is 14.8. The van der Waals surface area contributed by atoms with Crippen molar-refractivity contribution in [3.8, 4) is 0 Å². The van der Waals surface area contributed by atoms with Crippen LogP contribution in [0.4, 0.5) is 5.69 Å². The summed E-state index contributed by atoms with van der Waals surface area (Å²) < 4.78 is 5.55. The number of carbonyl (C=O) groups excluding carboxylic acids is 1. The van der Waals surface area contributed by atoms with E-state index >= 15 is 0 Å². The van der Waals surface area contributed by atoms with Gasteiger partial charge in [-0.05, 0) is 47.7 Å². The van der Waals surface area contributed by atoms with Gasteiger partial charge in [0.1, 0.15) is 5.52 Å². The SMILES string of the molecule is CN(C)c1ccc(/C=C(/Sc2nc3ccccc3o2)C(=O)[O-])cc1. The molecule has 3 aromatic rings. The number of oxazole rings is 1. The van der Waals surface area contributed by atoms with Gasteiger partial charge in [-0.25, -0.2) is 4.98 Å². The van der Waals surface area contributed by atoms with E-state index < -0.39 is 5.97 Å². The number of aromatic nitrogens is 1. The van der Waals surface area contributed by atoms with E-state index in [0.717, 1.165) is 23.0 Å². The standard InChI is InChI=1S/C18H16N2O3S/c1-20(2)13-9-7-12(8-10-13)11-16(17(21)22)24-18-19-14-5-3-4-6-15(14)23-18/h3-11H,1-2H3,(H,21,22)/p-1/b16-11+. The van der Waals surface area contributed by atoms with Gasteiger partial charge in [-0.3, -0.25) is 0 Å². The molecule has 3 rings (SSSR count). The first-order valence-corrected chi connectivity index (χ1v) is 8.08. The Morgan fingerprint density at radius 2 is 1.88 bits per heavy atom. The summed E-state index contributed by atoms with van der Waals surface area (Å²) in [6.45, 7) is 0. The van der Waals surface area contributed by atoms with Crippen LogP contribution in [0.15, 0.2) is 63.1 Å². The van der Waals surface area contributed by atoms with E-state index in [9.17, 15) is 9.90 Å². The second-order valence-corrected chi connectivity index (χ2v) is 6.32. The van der Waals surface area contributed by atoms with Crippen molar-refractivity contribution < 1.29 is 14.3 Å². The zero-order chi connectivity index (χ0) is 17.1. The minimum absolute atomic E-state index is 0.0409. The third-order valence-corrected chi connectivity index (χ3v) is 4.23. The van der Waals surface area contributed by atoms with Gasteiger partial charge in [-0.2, -0.15) is 0 Å². The molecule has 0 aliphatic heterocycles. The summed E-state index contributed by atoms with van der Waals surface area (Å²) in [4.78, 5) is 17.7. The molecular formula is C18H15N2O3S-. The molecule has 6 heteroatoms. The van der Waals surface area contributed by atoms with Crippen molar-refractivity contribution in [3.05, 3.63) is 59.0 Å². The summed E-state index contributed by atoms with van der Waals surface area (Å²) in [5, 5.41) is 11.7. The number of carboxylic acids is 1. The summed E-state index contributed by atoms with van der Waals surface area (Å²) in [7, 11) is 3.89. The van der Waals surface area contributed by atoms with Crippen molar-refractivity contribution in [3.63, 3.8) is 0 Å². The fourth-order valence-corrected chi connectivity index (χ4v) is 2.88. The molecule has 0 aliphatic rings. The number of carboxylic acid groups (broad SMARTS) is 1. The lowest BCUT2D eigenvalue weighted by atomic mass is 10.2. The molecule has 1 heterocycles. The van der Waals surface area contributed by atoms with Gasteiger partial charge in [0.25, 0.3) is 5.22 Å². The first-order chi connectivity index (χ1) is 11.5. The van der Waals surface area contributed by atoms with Crippen molar-refractivity contribution in [2.45, 2.75) is 5.22 Å². The minimum Gasteiger partial charge on any atom is -0.544 e. The number of hydrogen-bond acceptors (Lipinski definition) is 6. The third kappa shape index (κ3) is 3.60. The number of fused-ring (bicyclic) bond motifs is 1. The van der Waals surface area contributed by atoms with Crippen LogP contribution in [0.2, 0.25) is 0 Å². The van der Waals surface area contributed by atoms with Crippen LogP contribution in [-0.2, 0) is 4.79 Å². The van der Waals surface area contributed by atoms with Gasteiger partial charge in [0, 0.05) is 24.7 Å². The Balaban J connectivity index is 1.87. The molecule has 122 valence electrons. The average molecular weight is 339 g/mol. The lowest BCUT2D eigenvalue weighted by Gasteiger charge is -2.12. The molecule has 0 bridgehead atoms. The van der Waals surface area contributed by atoms with Gasteiger partial charge < -0.3 is 19.2 Å². The van der Waals surface area contributed by atoms with Crippen molar-refractivity contribution in [2.24, 2.45) is 0 Å². The number of aliphatic carboxylic acids is 1. The predicted molar refractivity (Wildman–Crippen MR) is 93.6 cm³/mol. The Kier molecular flexibility index (Phi) is 4.57. The van der Waals surface area contributed by atoms with Crippen LogP contribution in [0.5, 0.6) is 0 Å². The molecule has 0 N–H and O–H groups in total. The maximum absolute atomic E-state index is 11.4. The largest absolute Gasteiger partial charge is 0.544 e. The van der Waals surface area contributed by atoms with Crippen molar-refractivity contribution in [1.82, 2.24) is 4.98 Å². The van der Waals surface area contributed by atoms with Gasteiger partial charge in [0.2, 0.25) is 0 Å². The molecule has 0 unspecified atom stereocenters. The molecule has 24 heavy (non-hydrogen) atoms. The molecule has 0 radical (unpaired) electrons. The Labute approximate surface area is 143 Å². The van der Waals surface area contributed by atoms with Gasteiger partial charge in [-0.15, -0.1) is 0 Å². The Hall–Kier alpha value is -2.73. The van der Waals surface area contributed by atoms with Crippen LogP contribution in [0, 0.1) is 0 Å². The normalized spacial score (nSPS) is 11.7. The highest BCUT2D eigenvalue weighted by Gasteiger charge is 2.10. The van der Waals surface area contributed by atoms with E-state index in [2.05, 4.69) is 4.98 Å². The zero-order valence-corrected chi connectivity index (χ0v) is 14.0. The Bertz CT molecular complexity index is 865. The smallest absolute Gasteiger partial charge is 0.261 e. The number of para-hydroxylation sites is 2. The molecule has 0 atom stereocenters. The van der Waals surface area contributed by atoms with Crippen LogP contribution in [0.1, 0.15) is 5.56 Å². The van der Waals surface area contributed by atoms with Crippen LogP contribution >= 0.6 is 11.8 Å². The number of nitrogens with zero attached hydrogens (tertiary/aromatic N) is 2. The second-order valence-electron chi connectivity index (χ2n) is 5.33. The fourth-order valence-electron chi connectivity index (χ4n) is 2.14. The third-order valence-electron chi connectivity index (χ3n) is 3.38. The Morgan fingerprint density at radius 1 is 1.17 bits per heavy atom. The number of hydrogen-bond donors (Lipinski definition) is 0. The molecule has 0 spiro atoms. The van der Waals surface area contributed by atoms with E-state index in [-0.39, 0.29) is 10.1 Å². The highest BCUT2D eigenvalue weighted by atomic mass is 32.2. The average Bonchev–Trinajstić information content (AvgIpc) is 2.97. The van der Waals surface area contributed by atoms with Gasteiger partial charge in [0.05, 0.1) is 5.97 Å². The van der Waals surface area contributed by atoms with Crippen LogP contribution in [0.25, 0.3) is 17.2 Å². The first kappa shape index (κ1) is 16.1.